The summed E-state index contributed by atoms with van der Waals surface area (Å²) in [4.78, 5) is 30.3. The molecule has 0 aliphatic rings. The van der Waals surface area contributed by atoms with Crippen LogP contribution in [0.3, 0.4) is 0 Å². The van der Waals surface area contributed by atoms with Gasteiger partial charge >= 0.3 is 5.69 Å². The molecule has 0 spiro atoms. The first-order chi connectivity index (χ1) is 14.8. The average Bonchev–Trinajstić information content (AvgIpc) is 3.11. The van der Waals surface area contributed by atoms with Gasteiger partial charge in [-0.25, -0.2) is 4.79 Å². The molecule has 0 radical (unpaired) electrons. The zero-order valence-corrected chi connectivity index (χ0v) is 18.6. The lowest BCUT2D eigenvalue weighted by molar-refractivity contribution is 0.498. The zero-order chi connectivity index (χ0) is 22.3. The fourth-order valence-electron chi connectivity index (χ4n) is 3.99. The first-order valence-electron chi connectivity index (χ1n) is 10.4. The van der Waals surface area contributed by atoms with Crippen LogP contribution in [-0.2, 0) is 20.1 Å². The quantitative estimate of drug-likeness (QED) is 0.499. The second kappa shape index (κ2) is 7.98. The SMILES string of the molecule is Cc1ccc(Cn2nc3c(c2-c2ccncc2)c(=O)n(C)c(=O)n3CC(C)C)c(C)c1. The number of aromatic nitrogens is 5. The van der Waals surface area contributed by atoms with Crippen molar-refractivity contribution in [2.24, 2.45) is 13.0 Å². The summed E-state index contributed by atoms with van der Waals surface area (Å²) in [6, 6.07) is 10.0. The molecule has 4 rings (SSSR count). The first kappa shape index (κ1) is 20.8. The third-order valence-corrected chi connectivity index (χ3v) is 5.55. The molecule has 0 unspecified atom stereocenters. The number of benzene rings is 1. The van der Waals surface area contributed by atoms with Crippen molar-refractivity contribution in [2.45, 2.75) is 40.8 Å². The van der Waals surface area contributed by atoms with Crippen LogP contribution < -0.4 is 11.2 Å². The van der Waals surface area contributed by atoms with E-state index in [-0.39, 0.29) is 17.2 Å². The smallest absolute Gasteiger partial charge is 0.276 e. The summed E-state index contributed by atoms with van der Waals surface area (Å²) in [5, 5.41) is 5.27. The lowest BCUT2D eigenvalue weighted by Gasteiger charge is -2.11. The van der Waals surface area contributed by atoms with Gasteiger partial charge in [-0.2, -0.15) is 5.10 Å². The van der Waals surface area contributed by atoms with E-state index in [1.165, 1.54) is 17.2 Å². The van der Waals surface area contributed by atoms with Crippen LogP contribution in [0.2, 0.25) is 0 Å². The van der Waals surface area contributed by atoms with Gasteiger partial charge in [0.05, 0.1) is 12.2 Å². The second-order valence-corrected chi connectivity index (χ2v) is 8.52. The predicted octanol–water partition coefficient (Wildman–Crippen LogP) is 3.28. The maximum absolute atomic E-state index is 13.2. The Hall–Kier alpha value is -3.48. The predicted molar refractivity (Wildman–Crippen MR) is 122 cm³/mol. The van der Waals surface area contributed by atoms with E-state index in [1.54, 1.807) is 17.0 Å². The topological polar surface area (TPSA) is 74.7 Å². The molecule has 0 atom stereocenters. The Morgan fingerprint density at radius 2 is 1.74 bits per heavy atom. The Morgan fingerprint density at radius 1 is 1.03 bits per heavy atom. The molecule has 0 aliphatic heterocycles. The molecule has 0 saturated heterocycles. The fraction of sp³-hybridized carbons (Fsp3) is 0.333. The molecule has 0 saturated carbocycles. The van der Waals surface area contributed by atoms with Gasteiger partial charge in [0.1, 0.15) is 5.39 Å². The minimum absolute atomic E-state index is 0.229. The third kappa shape index (κ3) is 3.71. The molecule has 3 heterocycles. The normalized spacial score (nSPS) is 11.5. The highest BCUT2D eigenvalue weighted by atomic mass is 16.2. The molecule has 7 heteroatoms. The summed E-state index contributed by atoms with van der Waals surface area (Å²) in [7, 11) is 1.53. The van der Waals surface area contributed by atoms with Crippen LogP contribution in [0.5, 0.6) is 0 Å². The van der Waals surface area contributed by atoms with E-state index in [9.17, 15) is 9.59 Å². The van der Waals surface area contributed by atoms with Gasteiger partial charge in [-0.1, -0.05) is 37.6 Å². The molecule has 4 aromatic rings. The molecule has 31 heavy (non-hydrogen) atoms. The van der Waals surface area contributed by atoms with Gasteiger partial charge in [0, 0.05) is 31.5 Å². The number of fused-ring (bicyclic) bond motifs is 1. The van der Waals surface area contributed by atoms with Crippen molar-refractivity contribution < 1.29 is 0 Å². The minimum atomic E-state index is -0.344. The summed E-state index contributed by atoms with van der Waals surface area (Å²) in [6.45, 7) is 9.21. The summed E-state index contributed by atoms with van der Waals surface area (Å²) in [6.07, 6.45) is 3.40. The maximum Gasteiger partial charge on any atom is 0.332 e. The number of hydrogen-bond donors (Lipinski definition) is 0. The monoisotopic (exact) mass is 417 g/mol. The molecule has 3 aromatic heterocycles. The standard InChI is InChI=1S/C24H27N5O2/c1-15(2)13-28-22-20(23(30)27(5)24(28)31)21(18-8-10-25-11-9-18)29(26-22)14-19-7-6-16(3)12-17(19)4/h6-12,15H,13-14H2,1-5H3. The van der Waals surface area contributed by atoms with Crippen LogP contribution in [0.1, 0.15) is 30.5 Å². The van der Waals surface area contributed by atoms with Gasteiger partial charge in [-0.15, -0.1) is 0 Å². The third-order valence-electron chi connectivity index (χ3n) is 5.55. The number of nitrogens with zero attached hydrogens (tertiary/aromatic N) is 5. The highest BCUT2D eigenvalue weighted by Crippen LogP contribution is 2.27. The molecule has 0 amide bonds. The van der Waals surface area contributed by atoms with E-state index in [0.29, 0.717) is 29.8 Å². The van der Waals surface area contributed by atoms with Crippen LogP contribution in [0, 0.1) is 19.8 Å². The lowest BCUT2D eigenvalue weighted by atomic mass is 10.1. The molecule has 160 valence electrons. The van der Waals surface area contributed by atoms with Crippen LogP contribution in [0.4, 0.5) is 0 Å². The summed E-state index contributed by atoms with van der Waals surface area (Å²) < 4.78 is 4.64. The van der Waals surface area contributed by atoms with Crippen LogP contribution >= 0.6 is 0 Å². The Balaban J connectivity index is 2.06. The van der Waals surface area contributed by atoms with Gasteiger partial charge in [0.2, 0.25) is 0 Å². The molecular weight excluding hydrogens is 390 g/mol. The van der Waals surface area contributed by atoms with Crippen molar-refractivity contribution in [3.8, 4) is 11.3 Å². The van der Waals surface area contributed by atoms with Crippen LogP contribution in [0.15, 0.2) is 52.3 Å². The van der Waals surface area contributed by atoms with E-state index in [4.69, 9.17) is 5.10 Å². The zero-order valence-electron chi connectivity index (χ0n) is 18.6. The van der Waals surface area contributed by atoms with E-state index in [0.717, 1.165) is 16.7 Å². The van der Waals surface area contributed by atoms with Gasteiger partial charge in [-0.3, -0.25) is 23.6 Å². The Labute approximate surface area is 180 Å². The molecule has 0 N–H and O–H groups in total. The van der Waals surface area contributed by atoms with Gasteiger partial charge in [-0.05, 0) is 43.0 Å². The van der Waals surface area contributed by atoms with E-state index < -0.39 is 0 Å². The lowest BCUT2D eigenvalue weighted by Crippen LogP contribution is -2.38. The summed E-state index contributed by atoms with van der Waals surface area (Å²) in [5.74, 6) is 0.229. The van der Waals surface area contributed by atoms with E-state index >= 15 is 0 Å². The highest BCUT2D eigenvalue weighted by Gasteiger charge is 2.23. The Bertz CT molecular complexity index is 1380. The van der Waals surface area contributed by atoms with E-state index in [1.807, 2.05) is 30.7 Å². The van der Waals surface area contributed by atoms with Crippen LogP contribution in [-0.4, -0.2) is 23.9 Å². The van der Waals surface area contributed by atoms with Crippen molar-refractivity contribution >= 4 is 11.0 Å². The molecule has 7 nitrogen and oxygen atoms in total. The molecular formula is C24H27N5O2. The molecule has 1 aromatic carbocycles. The minimum Gasteiger partial charge on any atom is -0.276 e. The largest absolute Gasteiger partial charge is 0.332 e. The fourth-order valence-corrected chi connectivity index (χ4v) is 3.99. The molecule has 0 fully saturated rings. The summed E-state index contributed by atoms with van der Waals surface area (Å²) in [5.41, 5.74) is 4.77. The van der Waals surface area contributed by atoms with E-state index in [2.05, 4.69) is 37.0 Å². The number of pyridine rings is 1. The number of aryl methyl sites for hydroxylation is 2. The Kier molecular flexibility index (Phi) is 5.35. The maximum atomic E-state index is 13.2. The molecule has 0 aliphatic carbocycles. The first-order valence-corrected chi connectivity index (χ1v) is 10.4. The number of rotatable bonds is 5. The van der Waals surface area contributed by atoms with Crippen molar-refractivity contribution in [3.05, 3.63) is 80.3 Å². The van der Waals surface area contributed by atoms with Crippen molar-refractivity contribution in [1.29, 1.82) is 0 Å². The van der Waals surface area contributed by atoms with Gasteiger partial charge in [0.25, 0.3) is 5.56 Å². The molecule has 0 bridgehead atoms. The van der Waals surface area contributed by atoms with Gasteiger partial charge in [0.15, 0.2) is 5.65 Å². The number of hydrogen-bond acceptors (Lipinski definition) is 4. The van der Waals surface area contributed by atoms with Crippen molar-refractivity contribution in [1.82, 2.24) is 23.9 Å². The summed E-state index contributed by atoms with van der Waals surface area (Å²) >= 11 is 0. The Morgan fingerprint density at radius 3 is 2.39 bits per heavy atom. The highest BCUT2D eigenvalue weighted by molar-refractivity contribution is 5.90. The van der Waals surface area contributed by atoms with Crippen molar-refractivity contribution in [2.75, 3.05) is 0 Å². The second-order valence-electron chi connectivity index (χ2n) is 8.52. The average molecular weight is 418 g/mol. The van der Waals surface area contributed by atoms with Crippen molar-refractivity contribution in [3.63, 3.8) is 0 Å². The van der Waals surface area contributed by atoms with Crippen LogP contribution in [0.25, 0.3) is 22.3 Å². The van der Waals surface area contributed by atoms with Gasteiger partial charge < -0.3 is 0 Å².